The molecule has 0 bridgehead atoms. The van der Waals surface area contributed by atoms with Gasteiger partial charge in [0.25, 0.3) is 0 Å². The molecule has 0 atom stereocenters. The van der Waals surface area contributed by atoms with Crippen molar-refractivity contribution in [2.24, 2.45) is 0 Å². The summed E-state index contributed by atoms with van der Waals surface area (Å²) >= 11 is 4.50. The van der Waals surface area contributed by atoms with Crippen molar-refractivity contribution in [3.05, 3.63) is 28.2 Å². The van der Waals surface area contributed by atoms with Crippen LogP contribution < -0.4 is 0 Å². The van der Waals surface area contributed by atoms with Gasteiger partial charge in [0.1, 0.15) is 16.5 Å². The molecular formula is C11H14BrF2NO2S2. The molecule has 0 N–H and O–H groups in total. The third-order valence-electron chi connectivity index (χ3n) is 2.45. The average Bonchev–Trinajstić information content (AvgIpc) is 2.27. The summed E-state index contributed by atoms with van der Waals surface area (Å²) in [6.45, 7) is 0.284. The topological polar surface area (TPSA) is 37.4 Å². The normalized spacial score (nSPS) is 12.1. The van der Waals surface area contributed by atoms with Crippen molar-refractivity contribution in [2.75, 3.05) is 25.6 Å². The molecule has 1 aromatic carbocycles. The van der Waals surface area contributed by atoms with Crippen LogP contribution in [-0.2, 0) is 10.0 Å². The smallest absolute Gasteiger partial charge is 0.207 e. The fourth-order valence-corrected chi connectivity index (χ4v) is 4.21. The van der Waals surface area contributed by atoms with Crippen molar-refractivity contribution >= 4 is 37.7 Å². The molecule has 0 aliphatic carbocycles. The average molecular weight is 374 g/mol. The fraction of sp³-hybridized carbons (Fsp3) is 0.455. The summed E-state index contributed by atoms with van der Waals surface area (Å²) in [5.74, 6) is -1.11. The molecule has 0 unspecified atom stereocenters. The van der Waals surface area contributed by atoms with Gasteiger partial charge in [-0.3, -0.25) is 0 Å². The van der Waals surface area contributed by atoms with E-state index in [0.717, 1.165) is 16.1 Å². The van der Waals surface area contributed by atoms with Crippen molar-refractivity contribution in [1.82, 2.24) is 4.31 Å². The molecule has 0 spiro atoms. The largest absolute Gasteiger partial charge is 0.246 e. The van der Waals surface area contributed by atoms with Gasteiger partial charge in [0.2, 0.25) is 10.0 Å². The minimum Gasteiger partial charge on any atom is -0.207 e. The van der Waals surface area contributed by atoms with Gasteiger partial charge in [-0.15, -0.1) is 0 Å². The molecular weight excluding hydrogens is 360 g/mol. The molecule has 0 aliphatic rings. The first-order valence-corrected chi connectivity index (χ1v) is 9.03. The lowest BCUT2D eigenvalue weighted by Crippen LogP contribution is -2.29. The Bertz CT molecular complexity index is 529. The zero-order valence-electron chi connectivity index (χ0n) is 10.5. The summed E-state index contributed by atoms with van der Waals surface area (Å²) in [6.07, 6.45) is 2.59. The van der Waals surface area contributed by atoms with E-state index in [0.29, 0.717) is 12.5 Å². The highest BCUT2D eigenvalue weighted by molar-refractivity contribution is 9.10. The second-order valence-corrected chi connectivity index (χ2v) is 7.69. The number of thioether (sulfide) groups is 1. The molecule has 0 heterocycles. The lowest BCUT2D eigenvalue weighted by atomic mass is 10.3. The molecule has 0 saturated carbocycles. The van der Waals surface area contributed by atoms with Crippen LogP contribution in [0.2, 0.25) is 0 Å². The van der Waals surface area contributed by atoms with Gasteiger partial charge in [-0.2, -0.15) is 11.8 Å². The lowest BCUT2D eigenvalue weighted by molar-refractivity contribution is 0.461. The standard InChI is InChI=1S/C11H14BrF2NO2S2/c1-15(4-3-5-18-2)19(16,17)11-9(12)6-8(13)7-10(11)14/h6-7H,3-5H2,1-2H3. The third kappa shape index (κ3) is 4.14. The van der Waals surface area contributed by atoms with E-state index in [2.05, 4.69) is 15.9 Å². The summed E-state index contributed by atoms with van der Waals surface area (Å²) in [7, 11) is -2.58. The number of benzene rings is 1. The van der Waals surface area contributed by atoms with Crippen LogP contribution in [-0.4, -0.2) is 38.3 Å². The van der Waals surface area contributed by atoms with Gasteiger partial charge in [-0.1, -0.05) is 0 Å². The summed E-state index contributed by atoms with van der Waals surface area (Å²) in [4.78, 5) is -0.527. The quantitative estimate of drug-likeness (QED) is 0.719. The third-order valence-corrected chi connectivity index (χ3v) is 5.97. The number of halogens is 3. The van der Waals surface area contributed by atoms with Crippen LogP contribution in [0.25, 0.3) is 0 Å². The molecule has 0 aliphatic heterocycles. The number of sulfonamides is 1. The summed E-state index contributed by atoms with van der Waals surface area (Å²) in [5.41, 5.74) is 0. The van der Waals surface area contributed by atoms with Gasteiger partial charge >= 0.3 is 0 Å². The molecule has 0 saturated heterocycles. The highest BCUT2D eigenvalue weighted by Gasteiger charge is 2.27. The SMILES string of the molecule is CSCCCN(C)S(=O)(=O)c1c(F)cc(F)cc1Br. The maximum atomic E-state index is 13.7. The van der Waals surface area contributed by atoms with Crippen LogP contribution in [0.3, 0.4) is 0 Å². The highest BCUT2D eigenvalue weighted by Crippen LogP contribution is 2.28. The van der Waals surface area contributed by atoms with Crippen LogP contribution in [0, 0.1) is 11.6 Å². The Morgan fingerprint density at radius 3 is 2.53 bits per heavy atom. The molecule has 0 amide bonds. The van der Waals surface area contributed by atoms with Crippen molar-refractivity contribution in [3.63, 3.8) is 0 Å². The minimum atomic E-state index is -3.96. The van der Waals surface area contributed by atoms with E-state index in [4.69, 9.17) is 0 Å². The predicted molar refractivity (Wildman–Crippen MR) is 76.9 cm³/mol. The maximum Gasteiger partial charge on any atom is 0.246 e. The highest BCUT2D eigenvalue weighted by atomic mass is 79.9. The summed E-state index contributed by atoms with van der Waals surface area (Å²) < 4.78 is 52.0. The first kappa shape index (κ1) is 16.9. The number of hydrogen-bond acceptors (Lipinski definition) is 3. The molecule has 0 aromatic heterocycles. The van der Waals surface area contributed by atoms with Crippen LogP contribution >= 0.6 is 27.7 Å². The van der Waals surface area contributed by atoms with Crippen molar-refractivity contribution in [2.45, 2.75) is 11.3 Å². The maximum absolute atomic E-state index is 13.7. The van der Waals surface area contributed by atoms with Gasteiger partial charge < -0.3 is 0 Å². The van der Waals surface area contributed by atoms with Gasteiger partial charge in [0.05, 0.1) is 0 Å². The van der Waals surface area contributed by atoms with Crippen LogP contribution in [0.4, 0.5) is 8.78 Å². The predicted octanol–water partition coefficient (Wildman–Crippen LogP) is 3.10. The van der Waals surface area contributed by atoms with Gasteiger partial charge in [0, 0.05) is 24.1 Å². The van der Waals surface area contributed by atoms with Gasteiger partial charge in [0.15, 0.2) is 0 Å². The zero-order valence-corrected chi connectivity index (χ0v) is 13.7. The zero-order chi connectivity index (χ0) is 14.6. The van der Waals surface area contributed by atoms with Crippen LogP contribution in [0.15, 0.2) is 21.5 Å². The number of rotatable bonds is 6. The number of nitrogens with zero attached hydrogens (tertiary/aromatic N) is 1. The second kappa shape index (κ2) is 7.01. The van der Waals surface area contributed by atoms with E-state index in [1.807, 2.05) is 6.26 Å². The Kier molecular flexibility index (Phi) is 6.22. The monoisotopic (exact) mass is 373 g/mol. The van der Waals surface area contributed by atoms with E-state index in [1.54, 1.807) is 11.8 Å². The van der Waals surface area contributed by atoms with E-state index >= 15 is 0 Å². The molecule has 8 heteroatoms. The summed E-state index contributed by atoms with van der Waals surface area (Å²) in [6, 6.07) is 1.50. The van der Waals surface area contributed by atoms with E-state index in [-0.39, 0.29) is 11.0 Å². The van der Waals surface area contributed by atoms with Gasteiger partial charge in [-0.25, -0.2) is 21.5 Å². The molecule has 0 radical (unpaired) electrons. The molecule has 1 aromatic rings. The molecule has 1 rings (SSSR count). The lowest BCUT2D eigenvalue weighted by Gasteiger charge is -2.18. The molecule has 0 fully saturated rings. The van der Waals surface area contributed by atoms with Crippen LogP contribution in [0.1, 0.15) is 6.42 Å². The first-order chi connectivity index (χ1) is 8.80. The second-order valence-electron chi connectivity index (χ2n) is 3.87. The molecule has 3 nitrogen and oxygen atoms in total. The fourth-order valence-electron chi connectivity index (χ4n) is 1.48. The Hall–Kier alpha value is -0.180. The minimum absolute atomic E-state index is 0.110. The summed E-state index contributed by atoms with van der Waals surface area (Å²) in [5, 5.41) is 0. The first-order valence-electron chi connectivity index (χ1n) is 5.40. The van der Waals surface area contributed by atoms with Crippen molar-refractivity contribution in [3.8, 4) is 0 Å². The van der Waals surface area contributed by atoms with Gasteiger partial charge in [-0.05, 0) is 40.4 Å². The molecule has 108 valence electrons. The molecule has 19 heavy (non-hydrogen) atoms. The van der Waals surface area contributed by atoms with E-state index < -0.39 is 26.6 Å². The van der Waals surface area contributed by atoms with E-state index in [9.17, 15) is 17.2 Å². The Labute approximate surface area is 124 Å². The Balaban J connectivity index is 3.07. The van der Waals surface area contributed by atoms with E-state index in [1.165, 1.54) is 7.05 Å². The number of hydrogen-bond donors (Lipinski definition) is 0. The van der Waals surface area contributed by atoms with Crippen molar-refractivity contribution < 1.29 is 17.2 Å². The Morgan fingerprint density at radius 2 is 2.00 bits per heavy atom. The van der Waals surface area contributed by atoms with Crippen LogP contribution in [0.5, 0.6) is 0 Å². The Morgan fingerprint density at radius 1 is 1.37 bits per heavy atom. The van der Waals surface area contributed by atoms with Crippen molar-refractivity contribution in [1.29, 1.82) is 0 Å².